The minimum absolute atomic E-state index is 0.325. The van der Waals surface area contributed by atoms with Gasteiger partial charge in [0, 0.05) is 52.9 Å². The molecule has 2 aliphatic heterocycles. The van der Waals surface area contributed by atoms with Crippen LogP contribution in [0.15, 0.2) is 30.6 Å². The third-order valence-electron chi connectivity index (χ3n) is 4.64. The van der Waals surface area contributed by atoms with Crippen LogP contribution in [0.3, 0.4) is 0 Å². The molecule has 0 atom stereocenters. The Kier molecular flexibility index (Phi) is 4.31. The van der Waals surface area contributed by atoms with Crippen molar-refractivity contribution >= 4 is 11.6 Å². The van der Waals surface area contributed by atoms with Gasteiger partial charge in [-0.2, -0.15) is 0 Å². The highest BCUT2D eigenvalue weighted by molar-refractivity contribution is 5.49. The molecule has 1 aromatic carbocycles. The van der Waals surface area contributed by atoms with Crippen molar-refractivity contribution in [1.29, 1.82) is 0 Å². The molecule has 0 saturated carbocycles. The van der Waals surface area contributed by atoms with Crippen molar-refractivity contribution in [3.63, 3.8) is 0 Å². The second-order valence-electron chi connectivity index (χ2n) is 6.58. The Morgan fingerprint density at radius 2 is 1.80 bits per heavy atom. The van der Waals surface area contributed by atoms with Gasteiger partial charge in [-0.1, -0.05) is 6.07 Å². The van der Waals surface area contributed by atoms with Crippen molar-refractivity contribution < 1.29 is 9.47 Å². The summed E-state index contributed by atoms with van der Waals surface area (Å²) in [4.78, 5) is 15.5. The first-order valence-corrected chi connectivity index (χ1v) is 8.54. The average molecular weight is 341 g/mol. The lowest BCUT2D eigenvalue weighted by atomic mass is 10.1. The number of hydrogen-bond donors (Lipinski definition) is 0. The highest BCUT2D eigenvalue weighted by atomic mass is 16.7. The molecule has 0 unspecified atom stereocenters. The second-order valence-corrected chi connectivity index (χ2v) is 6.58. The molecule has 0 spiro atoms. The van der Waals surface area contributed by atoms with Gasteiger partial charge in [-0.15, -0.1) is 0 Å². The summed E-state index contributed by atoms with van der Waals surface area (Å²) < 4.78 is 10.8. The molecule has 1 saturated heterocycles. The molecule has 2 aromatic rings. The van der Waals surface area contributed by atoms with Crippen LogP contribution >= 0.6 is 0 Å². The lowest BCUT2D eigenvalue weighted by molar-refractivity contribution is 0.174. The van der Waals surface area contributed by atoms with Gasteiger partial charge >= 0.3 is 0 Å². The summed E-state index contributed by atoms with van der Waals surface area (Å²) in [5, 5.41) is 0. The van der Waals surface area contributed by atoms with E-state index in [1.807, 2.05) is 31.1 Å². The number of benzene rings is 1. The molecule has 0 bridgehead atoms. The Bertz CT molecular complexity index is 744. The fourth-order valence-electron chi connectivity index (χ4n) is 3.19. The Morgan fingerprint density at radius 1 is 1.00 bits per heavy atom. The summed E-state index contributed by atoms with van der Waals surface area (Å²) >= 11 is 0. The minimum atomic E-state index is 0.325. The Hall–Kier alpha value is -2.54. The van der Waals surface area contributed by atoms with Gasteiger partial charge in [-0.25, -0.2) is 9.97 Å². The number of anilines is 2. The van der Waals surface area contributed by atoms with Gasteiger partial charge in [0.25, 0.3) is 0 Å². The summed E-state index contributed by atoms with van der Waals surface area (Å²) in [5.74, 6) is 3.64. The highest BCUT2D eigenvalue weighted by Gasteiger charge is 2.20. The summed E-state index contributed by atoms with van der Waals surface area (Å²) in [6.45, 7) is 5.21. The second kappa shape index (κ2) is 6.76. The van der Waals surface area contributed by atoms with E-state index in [1.165, 1.54) is 5.56 Å². The van der Waals surface area contributed by atoms with Crippen LogP contribution in [-0.2, 0) is 6.54 Å². The van der Waals surface area contributed by atoms with Gasteiger partial charge in [-0.05, 0) is 17.7 Å². The highest BCUT2D eigenvalue weighted by Crippen LogP contribution is 2.32. The van der Waals surface area contributed by atoms with E-state index in [9.17, 15) is 0 Å². The molecule has 0 radical (unpaired) electrons. The topological polar surface area (TPSA) is 54.0 Å². The number of ether oxygens (including phenoxy) is 2. The van der Waals surface area contributed by atoms with E-state index in [2.05, 4.69) is 31.9 Å². The quantitative estimate of drug-likeness (QED) is 0.837. The van der Waals surface area contributed by atoms with E-state index < -0.39 is 0 Å². The van der Waals surface area contributed by atoms with Crippen LogP contribution in [0.5, 0.6) is 11.5 Å². The normalized spacial score (nSPS) is 17.0. The molecule has 2 aliphatic rings. The van der Waals surface area contributed by atoms with Crippen molar-refractivity contribution in [3.05, 3.63) is 36.2 Å². The third-order valence-corrected chi connectivity index (χ3v) is 4.64. The van der Waals surface area contributed by atoms with E-state index in [1.54, 1.807) is 6.33 Å². The number of piperazine rings is 1. The van der Waals surface area contributed by atoms with Crippen LogP contribution < -0.4 is 19.3 Å². The maximum Gasteiger partial charge on any atom is 0.231 e. The van der Waals surface area contributed by atoms with E-state index in [0.29, 0.717) is 6.79 Å². The Labute approximate surface area is 147 Å². The predicted octanol–water partition coefficient (Wildman–Crippen LogP) is 1.59. The lowest BCUT2D eigenvalue weighted by Crippen LogP contribution is -2.46. The first-order chi connectivity index (χ1) is 12.2. The zero-order chi connectivity index (χ0) is 17.2. The van der Waals surface area contributed by atoms with Crippen LogP contribution in [0, 0.1) is 0 Å². The molecule has 132 valence electrons. The zero-order valence-corrected chi connectivity index (χ0v) is 14.7. The molecule has 7 heteroatoms. The zero-order valence-electron chi connectivity index (χ0n) is 14.7. The minimum Gasteiger partial charge on any atom is -0.454 e. The molecule has 0 aliphatic carbocycles. The molecular formula is C18H23N5O2. The third kappa shape index (κ3) is 3.46. The van der Waals surface area contributed by atoms with Crippen molar-refractivity contribution in [1.82, 2.24) is 14.9 Å². The Morgan fingerprint density at radius 3 is 2.60 bits per heavy atom. The molecule has 0 amide bonds. The molecule has 7 nitrogen and oxygen atoms in total. The molecule has 1 fully saturated rings. The first-order valence-electron chi connectivity index (χ1n) is 8.54. The number of fused-ring (bicyclic) bond motifs is 1. The maximum atomic E-state index is 5.47. The smallest absolute Gasteiger partial charge is 0.231 e. The molecule has 4 rings (SSSR count). The van der Waals surface area contributed by atoms with Crippen LogP contribution in [0.1, 0.15) is 5.56 Å². The summed E-state index contributed by atoms with van der Waals surface area (Å²) in [5.41, 5.74) is 1.26. The SMILES string of the molecule is CN(C)c1cc(N2CCN(Cc3ccc4c(c3)OCO4)CC2)ncn1. The molecular weight excluding hydrogens is 318 g/mol. The van der Waals surface area contributed by atoms with Crippen LogP contribution in [0.4, 0.5) is 11.6 Å². The van der Waals surface area contributed by atoms with Gasteiger partial charge in [0.2, 0.25) is 6.79 Å². The Balaban J connectivity index is 1.36. The van der Waals surface area contributed by atoms with Gasteiger partial charge < -0.3 is 19.3 Å². The van der Waals surface area contributed by atoms with Crippen LogP contribution in [0.2, 0.25) is 0 Å². The van der Waals surface area contributed by atoms with E-state index >= 15 is 0 Å². The maximum absolute atomic E-state index is 5.47. The first kappa shape index (κ1) is 16.0. The number of aromatic nitrogens is 2. The van der Waals surface area contributed by atoms with Gasteiger partial charge in [-0.3, -0.25) is 4.90 Å². The number of rotatable bonds is 4. The number of nitrogens with zero attached hydrogens (tertiary/aromatic N) is 5. The lowest BCUT2D eigenvalue weighted by Gasteiger charge is -2.35. The average Bonchev–Trinajstić information content (AvgIpc) is 3.10. The van der Waals surface area contributed by atoms with Gasteiger partial charge in [0.05, 0.1) is 0 Å². The van der Waals surface area contributed by atoms with Gasteiger partial charge in [0.1, 0.15) is 18.0 Å². The predicted molar refractivity (Wildman–Crippen MR) is 96.4 cm³/mol. The number of hydrogen-bond acceptors (Lipinski definition) is 7. The standard InChI is InChI=1S/C18H23N5O2/c1-21(2)17-10-18(20-12-19-17)23-7-5-22(6-8-23)11-14-3-4-15-16(9-14)25-13-24-15/h3-4,9-10,12H,5-8,11,13H2,1-2H3. The molecule has 1 aromatic heterocycles. The van der Waals surface area contributed by atoms with Crippen molar-refractivity contribution in [2.75, 3.05) is 56.9 Å². The van der Waals surface area contributed by atoms with Gasteiger partial charge in [0.15, 0.2) is 11.5 Å². The monoisotopic (exact) mass is 341 g/mol. The van der Waals surface area contributed by atoms with E-state index in [-0.39, 0.29) is 0 Å². The molecule has 25 heavy (non-hydrogen) atoms. The fraction of sp³-hybridized carbons (Fsp3) is 0.444. The summed E-state index contributed by atoms with van der Waals surface area (Å²) in [6, 6.07) is 8.25. The van der Waals surface area contributed by atoms with Crippen LogP contribution in [-0.4, -0.2) is 61.9 Å². The fourth-order valence-corrected chi connectivity index (χ4v) is 3.19. The summed E-state index contributed by atoms with van der Waals surface area (Å²) in [6.07, 6.45) is 1.64. The summed E-state index contributed by atoms with van der Waals surface area (Å²) in [7, 11) is 3.99. The molecule has 3 heterocycles. The largest absolute Gasteiger partial charge is 0.454 e. The van der Waals surface area contributed by atoms with Crippen molar-refractivity contribution in [2.45, 2.75) is 6.54 Å². The van der Waals surface area contributed by atoms with Crippen molar-refractivity contribution in [3.8, 4) is 11.5 Å². The van der Waals surface area contributed by atoms with Crippen molar-refractivity contribution in [2.24, 2.45) is 0 Å². The molecule has 0 N–H and O–H groups in total. The van der Waals surface area contributed by atoms with E-state index in [0.717, 1.165) is 55.9 Å². The van der Waals surface area contributed by atoms with E-state index in [4.69, 9.17) is 9.47 Å². The van der Waals surface area contributed by atoms with Crippen LogP contribution in [0.25, 0.3) is 0 Å².